The average molecular weight is 520 g/mol. The van der Waals surface area contributed by atoms with Gasteiger partial charge in [-0.05, 0) is 56.8 Å². The molecule has 0 aliphatic rings. The van der Waals surface area contributed by atoms with E-state index in [0.29, 0.717) is 34.3 Å². The van der Waals surface area contributed by atoms with Gasteiger partial charge in [0.15, 0.2) is 11.6 Å². The maximum absolute atomic E-state index is 14.9. The number of anilines is 1. The van der Waals surface area contributed by atoms with Crippen molar-refractivity contribution in [2.75, 3.05) is 38.7 Å². The van der Waals surface area contributed by atoms with Gasteiger partial charge in [0.05, 0.1) is 11.4 Å². The van der Waals surface area contributed by atoms with E-state index in [4.69, 9.17) is 9.15 Å². The number of carbonyl (C=O) groups is 1. The quantitative estimate of drug-likeness (QED) is 0.452. The van der Waals surface area contributed by atoms with Crippen molar-refractivity contribution in [3.8, 4) is 5.75 Å². The molecule has 0 atom stereocenters. The van der Waals surface area contributed by atoms with Gasteiger partial charge in [-0.2, -0.15) is 0 Å². The number of hydrogen-bond acceptors (Lipinski definition) is 7. The molecule has 36 heavy (non-hydrogen) atoms. The molecule has 0 aliphatic carbocycles. The molecule has 0 spiro atoms. The van der Waals surface area contributed by atoms with Gasteiger partial charge < -0.3 is 19.0 Å². The van der Waals surface area contributed by atoms with Crippen LogP contribution in [0.1, 0.15) is 29.2 Å². The molecule has 194 valence electrons. The number of rotatable bonds is 8. The van der Waals surface area contributed by atoms with Crippen molar-refractivity contribution in [3.63, 3.8) is 0 Å². The highest BCUT2D eigenvalue weighted by atomic mass is 32.2. The lowest BCUT2D eigenvalue weighted by Gasteiger charge is -2.18. The smallest absolute Gasteiger partial charge is 0.414 e. The Morgan fingerprint density at radius 2 is 1.83 bits per heavy atom. The van der Waals surface area contributed by atoms with Crippen molar-refractivity contribution in [2.45, 2.75) is 26.8 Å². The number of hydrogen-bond donors (Lipinski definition) is 1. The number of amides is 1. The monoisotopic (exact) mass is 519 g/mol. The Labute approximate surface area is 209 Å². The van der Waals surface area contributed by atoms with Crippen LogP contribution in [0.3, 0.4) is 0 Å². The predicted molar refractivity (Wildman–Crippen MR) is 137 cm³/mol. The Morgan fingerprint density at radius 3 is 2.44 bits per heavy atom. The van der Waals surface area contributed by atoms with E-state index in [-0.39, 0.29) is 23.5 Å². The Morgan fingerprint density at radius 1 is 1.14 bits per heavy atom. The van der Waals surface area contributed by atoms with Crippen molar-refractivity contribution < 1.29 is 26.8 Å². The zero-order valence-electron chi connectivity index (χ0n) is 21.1. The van der Waals surface area contributed by atoms with E-state index in [0.717, 1.165) is 10.5 Å². The minimum atomic E-state index is -3.49. The summed E-state index contributed by atoms with van der Waals surface area (Å²) in [5.74, 6) is -1.20. The summed E-state index contributed by atoms with van der Waals surface area (Å²) in [6.45, 7) is 3.62. The van der Waals surface area contributed by atoms with Gasteiger partial charge in [0.2, 0.25) is 10.0 Å². The fraction of sp³-hybridized carbons (Fsp3) is 0.360. The molecule has 0 bridgehead atoms. The maximum Gasteiger partial charge on any atom is 0.414 e. The summed E-state index contributed by atoms with van der Waals surface area (Å²) in [6, 6.07) is 7.54. The van der Waals surface area contributed by atoms with Gasteiger partial charge >= 0.3 is 11.7 Å². The molecule has 9 nitrogen and oxygen atoms in total. The minimum Gasteiger partial charge on any atom is -0.422 e. The normalized spacial score (nSPS) is 11.7. The van der Waals surface area contributed by atoms with E-state index in [1.807, 2.05) is 19.0 Å². The highest BCUT2D eigenvalue weighted by Crippen LogP contribution is 2.30. The first-order valence-corrected chi connectivity index (χ1v) is 12.9. The maximum atomic E-state index is 14.9. The van der Waals surface area contributed by atoms with Crippen molar-refractivity contribution in [2.24, 2.45) is 0 Å². The summed E-state index contributed by atoms with van der Waals surface area (Å²) in [5.41, 5.74) is 2.17. The molecule has 0 saturated carbocycles. The van der Waals surface area contributed by atoms with Crippen molar-refractivity contribution in [1.82, 2.24) is 9.80 Å². The van der Waals surface area contributed by atoms with Gasteiger partial charge in [-0.3, -0.25) is 4.72 Å². The van der Waals surface area contributed by atoms with Crippen molar-refractivity contribution >= 4 is 32.8 Å². The van der Waals surface area contributed by atoms with E-state index in [9.17, 15) is 22.4 Å². The molecular formula is C25H30FN3O6S. The Bertz CT molecular complexity index is 1460. The van der Waals surface area contributed by atoms with Crippen LogP contribution in [0.15, 0.2) is 39.5 Å². The summed E-state index contributed by atoms with van der Waals surface area (Å²) in [7, 11) is 3.08. The van der Waals surface area contributed by atoms with Crippen molar-refractivity contribution in [3.05, 3.63) is 68.8 Å². The first-order chi connectivity index (χ1) is 16.8. The van der Waals surface area contributed by atoms with Crippen LogP contribution < -0.4 is 15.1 Å². The third kappa shape index (κ3) is 6.03. The number of carbonyl (C=O) groups excluding carboxylic acids is 1. The number of benzene rings is 2. The third-order valence-corrected chi connectivity index (χ3v) is 6.96. The second kappa shape index (κ2) is 10.7. The number of fused-ring (bicyclic) bond motifs is 1. The third-order valence-electron chi connectivity index (χ3n) is 5.67. The van der Waals surface area contributed by atoms with E-state index >= 15 is 0 Å². The predicted octanol–water partition coefficient (Wildman–Crippen LogP) is 3.71. The first kappa shape index (κ1) is 27.2. The second-order valence-electron chi connectivity index (χ2n) is 8.90. The van der Waals surface area contributed by atoms with Gasteiger partial charge in [-0.25, -0.2) is 22.4 Å². The molecule has 0 fully saturated rings. The van der Waals surface area contributed by atoms with Gasteiger partial charge in [0.25, 0.3) is 0 Å². The fourth-order valence-corrected chi connectivity index (χ4v) is 4.36. The largest absolute Gasteiger partial charge is 0.422 e. The van der Waals surface area contributed by atoms with Crippen LogP contribution in [-0.4, -0.2) is 58.3 Å². The summed E-state index contributed by atoms with van der Waals surface area (Å²) in [4.78, 5) is 28.0. The van der Waals surface area contributed by atoms with Crippen LogP contribution in [0, 0.1) is 12.7 Å². The number of ether oxygens (including phenoxy) is 1. The highest BCUT2D eigenvalue weighted by molar-refractivity contribution is 7.92. The van der Waals surface area contributed by atoms with Crippen LogP contribution in [0.25, 0.3) is 11.0 Å². The molecule has 11 heteroatoms. The average Bonchev–Trinajstić information content (AvgIpc) is 2.79. The number of sulfonamides is 1. The standard InChI is InChI=1S/C25H30FN3O6S/c1-7-36(32,33)27-21-10-8-9-16(15(21)2)11-18-19(14-28(3)4)17-12-20(26)23(35-25(31)29(5)6)13-22(17)34-24(18)30/h8-10,12-13,27H,7,11,14H2,1-6H3. The molecule has 0 saturated heterocycles. The summed E-state index contributed by atoms with van der Waals surface area (Å²) in [6.07, 6.45) is -0.622. The molecule has 1 aromatic heterocycles. The lowest BCUT2D eigenvalue weighted by molar-refractivity contribution is 0.170. The van der Waals surface area contributed by atoms with Crippen LogP contribution in [0.2, 0.25) is 0 Å². The molecule has 0 unspecified atom stereocenters. The second-order valence-corrected chi connectivity index (χ2v) is 10.9. The Hall–Kier alpha value is -3.44. The molecule has 1 N–H and O–H groups in total. The topological polar surface area (TPSA) is 109 Å². The summed E-state index contributed by atoms with van der Waals surface area (Å²) < 4.78 is 52.2. The number of halogens is 1. The summed E-state index contributed by atoms with van der Waals surface area (Å²) >= 11 is 0. The van der Waals surface area contributed by atoms with Gasteiger partial charge in [-0.1, -0.05) is 12.1 Å². The van der Waals surface area contributed by atoms with Gasteiger partial charge in [0, 0.05) is 44.1 Å². The zero-order chi connectivity index (χ0) is 26.8. The molecule has 3 rings (SSSR count). The zero-order valence-corrected chi connectivity index (χ0v) is 22.0. The minimum absolute atomic E-state index is 0.0741. The van der Waals surface area contributed by atoms with E-state index < -0.39 is 27.6 Å². The van der Waals surface area contributed by atoms with Crippen LogP contribution in [-0.2, 0) is 23.0 Å². The highest BCUT2D eigenvalue weighted by Gasteiger charge is 2.21. The number of nitrogens with one attached hydrogen (secondary N) is 1. The van der Waals surface area contributed by atoms with Crippen LogP contribution >= 0.6 is 0 Å². The number of nitrogens with zero attached hydrogens (tertiary/aromatic N) is 2. The van der Waals surface area contributed by atoms with Gasteiger partial charge in [-0.15, -0.1) is 0 Å². The van der Waals surface area contributed by atoms with Crippen LogP contribution in [0.5, 0.6) is 5.75 Å². The van der Waals surface area contributed by atoms with Crippen LogP contribution in [0.4, 0.5) is 14.9 Å². The molecular weight excluding hydrogens is 489 g/mol. The van der Waals surface area contributed by atoms with Crippen molar-refractivity contribution in [1.29, 1.82) is 0 Å². The Balaban J connectivity index is 2.14. The molecule has 0 radical (unpaired) electrons. The Kier molecular flexibility index (Phi) is 8.05. The molecule has 0 aliphatic heterocycles. The summed E-state index contributed by atoms with van der Waals surface area (Å²) in [5, 5.41) is 0.376. The lowest BCUT2D eigenvalue weighted by atomic mass is 9.95. The molecule has 1 amide bonds. The first-order valence-electron chi connectivity index (χ1n) is 11.2. The SMILES string of the molecule is CCS(=O)(=O)Nc1cccc(Cc2c(CN(C)C)c3cc(F)c(OC(=O)N(C)C)cc3oc2=O)c1C. The molecule has 1 heterocycles. The lowest BCUT2D eigenvalue weighted by Crippen LogP contribution is -2.25. The van der Waals surface area contributed by atoms with E-state index in [1.165, 1.54) is 26.2 Å². The van der Waals surface area contributed by atoms with Gasteiger partial charge in [0.1, 0.15) is 5.58 Å². The molecule has 3 aromatic rings. The molecule has 2 aromatic carbocycles. The van der Waals surface area contributed by atoms with E-state index in [1.54, 1.807) is 32.0 Å². The van der Waals surface area contributed by atoms with E-state index in [2.05, 4.69) is 4.72 Å². The fourth-order valence-electron chi connectivity index (χ4n) is 3.66.